The molecule has 0 saturated heterocycles. The van der Waals surface area contributed by atoms with Gasteiger partial charge in [0.15, 0.2) is 0 Å². The van der Waals surface area contributed by atoms with Gasteiger partial charge in [0.05, 0.1) is 12.5 Å². The molecule has 14 heavy (non-hydrogen) atoms. The molecule has 0 fully saturated rings. The van der Waals surface area contributed by atoms with Crippen molar-refractivity contribution < 1.29 is 15.0 Å². The molecule has 0 rings (SSSR count). The first-order chi connectivity index (χ1) is 6.51. The van der Waals surface area contributed by atoms with Crippen LogP contribution in [0.5, 0.6) is 0 Å². The van der Waals surface area contributed by atoms with Gasteiger partial charge in [0.2, 0.25) is 0 Å². The smallest absolute Gasteiger partial charge is 0.306 e. The summed E-state index contributed by atoms with van der Waals surface area (Å²) in [6.07, 6.45) is 1.10. The van der Waals surface area contributed by atoms with Gasteiger partial charge in [-0.3, -0.25) is 4.79 Å². The Morgan fingerprint density at radius 2 is 1.86 bits per heavy atom. The van der Waals surface area contributed by atoms with Crippen molar-refractivity contribution in [3.63, 3.8) is 0 Å². The van der Waals surface area contributed by atoms with E-state index in [1.165, 1.54) is 0 Å². The molecule has 2 N–H and O–H groups in total. The van der Waals surface area contributed by atoms with Crippen molar-refractivity contribution in [1.29, 1.82) is 0 Å². The molecule has 0 aromatic heterocycles. The summed E-state index contributed by atoms with van der Waals surface area (Å²) in [5, 5.41) is 17.9. The maximum Gasteiger partial charge on any atom is 0.306 e. The molecule has 4 heteroatoms. The fourth-order valence-corrected chi connectivity index (χ4v) is 1.66. The summed E-state index contributed by atoms with van der Waals surface area (Å²) >= 11 is 0. The third kappa shape index (κ3) is 5.19. The van der Waals surface area contributed by atoms with Gasteiger partial charge in [-0.05, 0) is 19.9 Å². The molecule has 0 aliphatic rings. The second kappa shape index (κ2) is 6.79. The molecular weight excluding hydrogens is 182 g/mol. The van der Waals surface area contributed by atoms with Gasteiger partial charge in [0, 0.05) is 12.6 Å². The van der Waals surface area contributed by atoms with Crippen LogP contribution in [-0.2, 0) is 4.79 Å². The first-order valence-corrected chi connectivity index (χ1v) is 5.11. The lowest BCUT2D eigenvalue weighted by Crippen LogP contribution is -2.37. The van der Waals surface area contributed by atoms with E-state index in [1.807, 2.05) is 11.9 Å². The van der Waals surface area contributed by atoms with Crippen LogP contribution < -0.4 is 0 Å². The minimum atomic E-state index is -0.949. The highest BCUT2D eigenvalue weighted by Crippen LogP contribution is 2.07. The number of likely N-dealkylation sites (N-methyl/N-ethyl adjacent to an activating group) is 1. The number of carboxylic acid groups (broad SMARTS) is 1. The first-order valence-electron chi connectivity index (χ1n) is 5.11. The molecule has 4 nitrogen and oxygen atoms in total. The number of aliphatic carboxylic acids is 1. The normalized spacial score (nSPS) is 13.6. The van der Waals surface area contributed by atoms with Gasteiger partial charge in [0.25, 0.3) is 0 Å². The Morgan fingerprint density at radius 1 is 1.36 bits per heavy atom. The van der Waals surface area contributed by atoms with E-state index in [4.69, 9.17) is 5.11 Å². The van der Waals surface area contributed by atoms with Gasteiger partial charge in [-0.25, -0.2) is 0 Å². The molecule has 1 unspecified atom stereocenters. The Bertz CT molecular complexity index is 169. The Hall–Kier alpha value is -0.610. The average molecular weight is 203 g/mol. The Labute approximate surface area is 85.5 Å². The molecule has 0 aliphatic heterocycles. The third-order valence-corrected chi connectivity index (χ3v) is 2.47. The van der Waals surface area contributed by atoms with Crippen LogP contribution in [0.4, 0.5) is 0 Å². The van der Waals surface area contributed by atoms with E-state index in [0.29, 0.717) is 12.6 Å². The molecule has 0 aromatic rings. The number of nitrogens with zero attached hydrogens (tertiary/aromatic N) is 1. The van der Waals surface area contributed by atoms with E-state index in [9.17, 15) is 9.90 Å². The van der Waals surface area contributed by atoms with Gasteiger partial charge in [-0.2, -0.15) is 0 Å². The second-order valence-electron chi connectivity index (χ2n) is 3.66. The monoisotopic (exact) mass is 203 g/mol. The lowest BCUT2D eigenvalue weighted by molar-refractivity contribution is -0.139. The van der Waals surface area contributed by atoms with Crippen LogP contribution in [0.15, 0.2) is 0 Å². The number of hydrogen-bond acceptors (Lipinski definition) is 3. The number of rotatable bonds is 7. The number of aliphatic hydroxyl groups is 1. The van der Waals surface area contributed by atoms with Crippen LogP contribution in [0.3, 0.4) is 0 Å². The minimum Gasteiger partial charge on any atom is -0.481 e. The molecule has 0 spiro atoms. The summed E-state index contributed by atoms with van der Waals surface area (Å²) < 4.78 is 0. The van der Waals surface area contributed by atoms with Crippen molar-refractivity contribution >= 4 is 5.97 Å². The van der Waals surface area contributed by atoms with E-state index in [2.05, 4.69) is 13.8 Å². The van der Waals surface area contributed by atoms with E-state index in [-0.39, 0.29) is 6.42 Å². The van der Waals surface area contributed by atoms with Crippen molar-refractivity contribution in [2.75, 3.05) is 13.6 Å². The number of aliphatic hydroxyl groups excluding tert-OH is 1. The zero-order chi connectivity index (χ0) is 11.1. The minimum absolute atomic E-state index is 0.176. The summed E-state index contributed by atoms with van der Waals surface area (Å²) in [5.41, 5.74) is 0. The van der Waals surface area contributed by atoms with Gasteiger partial charge in [-0.15, -0.1) is 0 Å². The highest BCUT2D eigenvalue weighted by molar-refractivity contribution is 5.67. The molecule has 0 bridgehead atoms. The molecule has 0 saturated carbocycles. The van der Waals surface area contributed by atoms with E-state index < -0.39 is 12.1 Å². The maximum absolute atomic E-state index is 10.3. The molecule has 0 heterocycles. The average Bonchev–Trinajstić information content (AvgIpc) is 2.04. The SMILES string of the molecule is CCC(CC)N(C)CC(O)CC(=O)O. The molecule has 0 radical (unpaired) electrons. The number of hydrogen-bond donors (Lipinski definition) is 2. The molecule has 0 aromatic carbocycles. The lowest BCUT2D eigenvalue weighted by Gasteiger charge is -2.27. The van der Waals surface area contributed by atoms with E-state index in [1.54, 1.807) is 0 Å². The Balaban J connectivity index is 3.90. The van der Waals surface area contributed by atoms with Crippen molar-refractivity contribution in [1.82, 2.24) is 4.90 Å². The number of carboxylic acids is 1. The third-order valence-electron chi connectivity index (χ3n) is 2.47. The van der Waals surface area contributed by atoms with Crippen LogP contribution in [0.2, 0.25) is 0 Å². The predicted octanol–water partition coefficient (Wildman–Crippen LogP) is 0.942. The Kier molecular flexibility index (Phi) is 6.49. The molecular formula is C10H21NO3. The quantitative estimate of drug-likeness (QED) is 0.646. The maximum atomic E-state index is 10.3. The highest BCUT2D eigenvalue weighted by Gasteiger charge is 2.16. The second-order valence-corrected chi connectivity index (χ2v) is 3.66. The zero-order valence-corrected chi connectivity index (χ0v) is 9.23. The predicted molar refractivity (Wildman–Crippen MR) is 55.3 cm³/mol. The molecule has 1 atom stereocenters. The van der Waals surface area contributed by atoms with Crippen LogP contribution in [0.1, 0.15) is 33.1 Å². The van der Waals surface area contributed by atoms with Crippen molar-refractivity contribution in [2.45, 2.75) is 45.3 Å². The largest absolute Gasteiger partial charge is 0.481 e. The van der Waals surface area contributed by atoms with Gasteiger partial charge in [-0.1, -0.05) is 13.8 Å². The van der Waals surface area contributed by atoms with Gasteiger partial charge >= 0.3 is 5.97 Å². The molecule has 0 amide bonds. The Morgan fingerprint density at radius 3 is 2.21 bits per heavy atom. The lowest BCUT2D eigenvalue weighted by atomic mass is 10.1. The van der Waals surface area contributed by atoms with Crippen molar-refractivity contribution in [3.05, 3.63) is 0 Å². The van der Waals surface area contributed by atoms with E-state index in [0.717, 1.165) is 12.8 Å². The number of carbonyl (C=O) groups is 1. The van der Waals surface area contributed by atoms with Crippen LogP contribution in [-0.4, -0.2) is 46.8 Å². The van der Waals surface area contributed by atoms with Crippen LogP contribution >= 0.6 is 0 Å². The summed E-state index contributed by atoms with van der Waals surface area (Å²) in [7, 11) is 1.92. The van der Waals surface area contributed by atoms with Crippen LogP contribution in [0.25, 0.3) is 0 Å². The zero-order valence-electron chi connectivity index (χ0n) is 9.23. The summed E-state index contributed by atoms with van der Waals surface area (Å²) in [6, 6.07) is 0.429. The van der Waals surface area contributed by atoms with Gasteiger partial charge in [0.1, 0.15) is 0 Å². The van der Waals surface area contributed by atoms with Crippen molar-refractivity contribution in [3.8, 4) is 0 Å². The van der Waals surface area contributed by atoms with Gasteiger partial charge < -0.3 is 15.1 Å². The fraction of sp³-hybridized carbons (Fsp3) is 0.900. The van der Waals surface area contributed by atoms with Crippen LogP contribution in [0, 0.1) is 0 Å². The molecule has 0 aliphatic carbocycles. The standard InChI is InChI=1S/C10H21NO3/c1-4-8(5-2)11(3)7-9(12)6-10(13)14/h8-9,12H,4-7H2,1-3H3,(H,13,14). The van der Waals surface area contributed by atoms with Crippen molar-refractivity contribution in [2.24, 2.45) is 0 Å². The van der Waals surface area contributed by atoms with E-state index >= 15 is 0 Å². The summed E-state index contributed by atoms with van der Waals surface area (Å²) in [5.74, 6) is -0.949. The first kappa shape index (κ1) is 13.4. The fourth-order valence-electron chi connectivity index (χ4n) is 1.66. The summed E-state index contributed by atoms with van der Waals surface area (Å²) in [4.78, 5) is 12.3. The highest BCUT2D eigenvalue weighted by atomic mass is 16.4. The molecule has 84 valence electrons. The summed E-state index contributed by atoms with van der Waals surface area (Å²) in [6.45, 7) is 4.61. The topological polar surface area (TPSA) is 60.8 Å².